The minimum absolute atomic E-state index is 0.0577. The van der Waals surface area contributed by atoms with E-state index >= 15 is 0 Å². The number of nitrogens with zero attached hydrogens (tertiary/aromatic N) is 1. The van der Waals surface area contributed by atoms with E-state index in [0.717, 1.165) is 10.9 Å². The number of aromatic carboxylic acids is 1. The number of carbonyl (C=O) groups excluding carboxylic acids is 1. The third kappa shape index (κ3) is 2.36. The summed E-state index contributed by atoms with van der Waals surface area (Å²) >= 11 is 0. The first kappa shape index (κ1) is 12.9. The fourth-order valence-corrected chi connectivity index (χ4v) is 2.21. The Bertz CT molecular complexity index is 836. The molecule has 0 spiro atoms. The smallest absolute Gasteiger partial charge is 0.337 e. The predicted molar refractivity (Wildman–Crippen MR) is 79.8 cm³/mol. The average molecular weight is 280 g/mol. The number of carboxylic acids is 1. The third-order valence-electron chi connectivity index (χ3n) is 3.22. The van der Waals surface area contributed by atoms with Gasteiger partial charge in [0.05, 0.1) is 16.8 Å². The zero-order chi connectivity index (χ0) is 14.8. The second-order valence-corrected chi connectivity index (χ2v) is 4.53. The van der Waals surface area contributed by atoms with Crippen molar-refractivity contribution in [2.75, 3.05) is 5.32 Å². The van der Waals surface area contributed by atoms with Crippen LogP contribution in [0.3, 0.4) is 0 Å². The minimum Gasteiger partial charge on any atom is -0.478 e. The third-order valence-corrected chi connectivity index (χ3v) is 3.22. The number of para-hydroxylation sites is 2. The summed E-state index contributed by atoms with van der Waals surface area (Å²) in [7, 11) is 0. The Morgan fingerprint density at radius 2 is 1.67 bits per heavy atom. The molecule has 0 saturated heterocycles. The molecule has 2 aromatic carbocycles. The molecule has 0 bridgehead atoms. The van der Waals surface area contributed by atoms with Crippen molar-refractivity contribution < 1.29 is 14.7 Å². The van der Waals surface area contributed by atoms with Crippen LogP contribution in [0.15, 0.2) is 60.8 Å². The Labute approximate surface area is 120 Å². The highest BCUT2D eigenvalue weighted by Crippen LogP contribution is 2.18. The van der Waals surface area contributed by atoms with E-state index in [9.17, 15) is 9.59 Å². The molecule has 21 heavy (non-hydrogen) atoms. The minimum atomic E-state index is -1.08. The Morgan fingerprint density at radius 1 is 0.952 bits per heavy atom. The molecule has 0 aliphatic heterocycles. The van der Waals surface area contributed by atoms with E-state index in [4.69, 9.17) is 5.11 Å². The monoisotopic (exact) mass is 280 g/mol. The van der Waals surface area contributed by atoms with Gasteiger partial charge in [0.2, 0.25) is 0 Å². The molecule has 1 amide bonds. The summed E-state index contributed by atoms with van der Waals surface area (Å²) in [5.41, 5.74) is 1.10. The Kier molecular flexibility index (Phi) is 3.16. The van der Waals surface area contributed by atoms with Gasteiger partial charge in [-0.1, -0.05) is 30.3 Å². The normalized spacial score (nSPS) is 10.5. The molecule has 0 aliphatic carbocycles. The van der Waals surface area contributed by atoms with Crippen molar-refractivity contribution in [3.8, 4) is 0 Å². The fraction of sp³-hybridized carbons (Fsp3) is 0. The van der Waals surface area contributed by atoms with E-state index in [2.05, 4.69) is 5.32 Å². The number of anilines is 1. The van der Waals surface area contributed by atoms with Crippen LogP contribution in [-0.4, -0.2) is 21.7 Å². The molecule has 0 saturated carbocycles. The van der Waals surface area contributed by atoms with E-state index in [-0.39, 0.29) is 11.3 Å². The van der Waals surface area contributed by atoms with E-state index in [1.807, 2.05) is 30.3 Å². The lowest BCUT2D eigenvalue weighted by Crippen LogP contribution is -2.20. The molecule has 104 valence electrons. The predicted octanol–water partition coefficient (Wildman–Crippen LogP) is 3.42. The molecule has 3 rings (SSSR count). The average Bonchev–Trinajstić information content (AvgIpc) is 2.91. The molecule has 3 aromatic rings. The van der Waals surface area contributed by atoms with Gasteiger partial charge in [-0.2, -0.15) is 0 Å². The van der Waals surface area contributed by atoms with Crippen molar-refractivity contribution in [1.29, 1.82) is 0 Å². The summed E-state index contributed by atoms with van der Waals surface area (Å²) in [4.78, 5) is 23.5. The van der Waals surface area contributed by atoms with Crippen molar-refractivity contribution >= 4 is 28.6 Å². The van der Waals surface area contributed by atoms with Crippen molar-refractivity contribution in [3.63, 3.8) is 0 Å². The molecule has 5 nitrogen and oxygen atoms in total. The number of rotatable bonds is 2. The standard InChI is InChI=1S/C16H12N2O3/c19-15(20)12-6-2-3-7-13(12)17-16(21)18-10-9-11-5-1-4-8-14(11)18/h1-10H,(H,17,21)(H,19,20). The number of hydrogen-bond donors (Lipinski definition) is 2. The Balaban J connectivity index is 1.96. The first-order valence-electron chi connectivity index (χ1n) is 6.36. The van der Waals surface area contributed by atoms with E-state index in [1.54, 1.807) is 24.4 Å². The Hall–Kier alpha value is -3.08. The van der Waals surface area contributed by atoms with Crippen molar-refractivity contribution in [2.45, 2.75) is 0 Å². The number of nitrogens with one attached hydrogen (secondary N) is 1. The van der Waals surface area contributed by atoms with Gasteiger partial charge in [-0.25, -0.2) is 9.59 Å². The molecule has 0 aliphatic rings. The highest BCUT2D eigenvalue weighted by atomic mass is 16.4. The number of hydrogen-bond acceptors (Lipinski definition) is 2. The Morgan fingerprint density at radius 3 is 2.48 bits per heavy atom. The molecule has 0 fully saturated rings. The topological polar surface area (TPSA) is 71.3 Å². The van der Waals surface area contributed by atoms with Gasteiger partial charge in [0.1, 0.15) is 0 Å². The second kappa shape index (κ2) is 5.13. The summed E-state index contributed by atoms with van der Waals surface area (Å²) in [6.45, 7) is 0. The van der Waals surface area contributed by atoms with Crippen LogP contribution in [0.5, 0.6) is 0 Å². The zero-order valence-electron chi connectivity index (χ0n) is 11.0. The molecular weight excluding hydrogens is 268 g/mol. The molecule has 0 unspecified atom stereocenters. The van der Waals surface area contributed by atoms with E-state index in [1.165, 1.54) is 10.6 Å². The number of amides is 1. The lowest BCUT2D eigenvalue weighted by Gasteiger charge is -2.09. The molecule has 1 heterocycles. The van der Waals surface area contributed by atoms with Crippen molar-refractivity contribution in [1.82, 2.24) is 4.57 Å². The van der Waals surface area contributed by atoms with Crippen LogP contribution >= 0.6 is 0 Å². The summed E-state index contributed by atoms with van der Waals surface area (Å²) in [6.07, 6.45) is 1.66. The molecule has 0 atom stereocenters. The van der Waals surface area contributed by atoms with Gasteiger partial charge in [0, 0.05) is 11.6 Å². The SMILES string of the molecule is O=C(O)c1ccccc1NC(=O)n1ccc2ccccc21. The summed E-state index contributed by atoms with van der Waals surface area (Å²) < 4.78 is 1.45. The van der Waals surface area contributed by atoms with Gasteiger partial charge < -0.3 is 10.4 Å². The fourth-order valence-electron chi connectivity index (χ4n) is 2.21. The number of aromatic nitrogens is 1. The van der Waals surface area contributed by atoms with Gasteiger partial charge >= 0.3 is 12.0 Å². The zero-order valence-corrected chi connectivity index (χ0v) is 11.0. The number of benzene rings is 2. The second-order valence-electron chi connectivity index (χ2n) is 4.53. The van der Waals surface area contributed by atoms with Crippen molar-refractivity contribution in [3.05, 3.63) is 66.4 Å². The maximum atomic E-state index is 12.3. The molecule has 5 heteroatoms. The van der Waals surface area contributed by atoms with Crippen LogP contribution in [0.2, 0.25) is 0 Å². The summed E-state index contributed by atoms with van der Waals surface area (Å²) in [6, 6.07) is 15.2. The highest BCUT2D eigenvalue weighted by molar-refractivity contribution is 6.03. The first-order chi connectivity index (χ1) is 10.2. The van der Waals surface area contributed by atoms with Gasteiger partial charge in [0.25, 0.3) is 0 Å². The molecular formula is C16H12N2O3. The van der Waals surface area contributed by atoms with Crippen molar-refractivity contribution in [2.24, 2.45) is 0 Å². The van der Waals surface area contributed by atoms with Crippen LogP contribution in [0, 0.1) is 0 Å². The van der Waals surface area contributed by atoms with Crippen LogP contribution in [-0.2, 0) is 0 Å². The number of fused-ring (bicyclic) bond motifs is 1. The van der Waals surface area contributed by atoms with E-state index in [0.29, 0.717) is 0 Å². The highest BCUT2D eigenvalue weighted by Gasteiger charge is 2.13. The summed E-state index contributed by atoms with van der Waals surface area (Å²) in [5.74, 6) is -1.08. The van der Waals surface area contributed by atoms with Gasteiger partial charge in [-0.05, 0) is 24.3 Å². The summed E-state index contributed by atoms with van der Waals surface area (Å²) in [5, 5.41) is 12.7. The van der Waals surface area contributed by atoms with Crippen LogP contribution in [0.4, 0.5) is 10.5 Å². The van der Waals surface area contributed by atoms with Crippen LogP contribution < -0.4 is 5.32 Å². The molecule has 2 N–H and O–H groups in total. The first-order valence-corrected chi connectivity index (χ1v) is 6.36. The van der Waals surface area contributed by atoms with Gasteiger partial charge in [-0.15, -0.1) is 0 Å². The van der Waals surface area contributed by atoms with E-state index < -0.39 is 12.0 Å². The maximum absolute atomic E-state index is 12.3. The largest absolute Gasteiger partial charge is 0.478 e. The van der Waals surface area contributed by atoms with Gasteiger partial charge in [0.15, 0.2) is 0 Å². The van der Waals surface area contributed by atoms with Crippen LogP contribution in [0.25, 0.3) is 10.9 Å². The number of carbonyl (C=O) groups is 2. The lowest BCUT2D eigenvalue weighted by atomic mass is 10.2. The molecule has 1 aromatic heterocycles. The van der Waals surface area contributed by atoms with Gasteiger partial charge in [-0.3, -0.25) is 4.57 Å². The number of carboxylic acid groups (broad SMARTS) is 1. The lowest BCUT2D eigenvalue weighted by molar-refractivity contribution is 0.0698. The quantitative estimate of drug-likeness (QED) is 0.755. The molecule has 0 radical (unpaired) electrons. The maximum Gasteiger partial charge on any atom is 0.337 e. The van der Waals surface area contributed by atoms with Crippen LogP contribution in [0.1, 0.15) is 10.4 Å².